The number of ether oxygens (including phenoxy) is 4. The minimum Gasteiger partial charge on any atom is -0.476 e. The molecular weight excluding hydrogens is 443 g/mol. The molecule has 0 aliphatic carbocycles. The Labute approximate surface area is 187 Å². The Bertz CT molecular complexity index is 988. The first-order chi connectivity index (χ1) is 15.2. The first kappa shape index (κ1) is 23.5. The third kappa shape index (κ3) is 6.16. The van der Waals surface area contributed by atoms with Crippen molar-refractivity contribution in [3.63, 3.8) is 0 Å². The lowest BCUT2D eigenvalue weighted by atomic mass is 10.1. The molecule has 0 spiro atoms. The highest BCUT2D eigenvalue weighted by Gasteiger charge is 2.47. The summed E-state index contributed by atoms with van der Waals surface area (Å²) in [6, 6.07) is 5.98. The van der Waals surface area contributed by atoms with Gasteiger partial charge in [0.2, 0.25) is 5.95 Å². The third-order valence-corrected chi connectivity index (χ3v) is 5.53. The first-order valence-corrected chi connectivity index (χ1v) is 10.7. The Hall–Kier alpha value is -3.21. The molecule has 0 amide bonds. The standard InChI is InChI=1S/C21H21FN2O7S/c1-11(25)28-17-10-32-21(20(30-13(3)27)19(17)29-12(2)26)31-15-6-7-23-16(8-15)14-4-5-18(22)24-9-14/h4-9,17,19-21H,10H2,1-3H3/t17-,19+,20-,21-/m1/s1. The summed E-state index contributed by atoms with van der Waals surface area (Å²) in [6.07, 6.45) is -0.0476. The third-order valence-electron chi connectivity index (χ3n) is 4.31. The van der Waals surface area contributed by atoms with E-state index in [0.29, 0.717) is 17.0 Å². The van der Waals surface area contributed by atoms with Gasteiger partial charge in [-0.1, -0.05) is 0 Å². The molecule has 1 saturated heterocycles. The quantitative estimate of drug-likeness (QED) is 0.359. The van der Waals surface area contributed by atoms with Crippen molar-refractivity contribution < 1.29 is 37.7 Å². The van der Waals surface area contributed by atoms with Crippen LogP contribution in [-0.4, -0.2) is 57.4 Å². The number of halogens is 1. The summed E-state index contributed by atoms with van der Waals surface area (Å²) in [6.45, 7) is 3.66. The summed E-state index contributed by atoms with van der Waals surface area (Å²) in [4.78, 5) is 42.8. The largest absolute Gasteiger partial charge is 0.476 e. The molecule has 0 saturated carbocycles. The fraction of sp³-hybridized carbons (Fsp3) is 0.381. The predicted octanol–water partition coefficient (Wildman–Crippen LogP) is 2.53. The topological polar surface area (TPSA) is 114 Å². The number of esters is 3. The maximum absolute atomic E-state index is 13.1. The average molecular weight is 464 g/mol. The molecule has 0 aromatic carbocycles. The van der Waals surface area contributed by atoms with Gasteiger partial charge < -0.3 is 18.9 Å². The van der Waals surface area contributed by atoms with E-state index >= 15 is 0 Å². The lowest BCUT2D eigenvalue weighted by Crippen LogP contribution is -2.55. The Balaban J connectivity index is 1.86. The molecule has 2 aromatic rings. The van der Waals surface area contributed by atoms with Crippen LogP contribution in [0, 0.1) is 5.95 Å². The number of nitrogens with zero attached hydrogens (tertiary/aromatic N) is 2. The number of thioether (sulfide) groups is 1. The molecule has 3 heterocycles. The van der Waals surface area contributed by atoms with E-state index in [-0.39, 0.29) is 5.75 Å². The highest BCUT2D eigenvalue weighted by Crippen LogP contribution is 2.34. The van der Waals surface area contributed by atoms with Gasteiger partial charge >= 0.3 is 17.9 Å². The predicted molar refractivity (Wildman–Crippen MR) is 111 cm³/mol. The second-order valence-electron chi connectivity index (χ2n) is 6.86. The van der Waals surface area contributed by atoms with Crippen LogP contribution in [0.5, 0.6) is 5.75 Å². The normalized spacial score (nSPS) is 22.5. The first-order valence-electron chi connectivity index (χ1n) is 9.61. The van der Waals surface area contributed by atoms with Crippen molar-refractivity contribution in [2.24, 2.45) is 0 Å². The van der Waals surface area contributed by atoms with Crippen LogP contribution in [0.3, 0.4) is 0 Å². The van der Waals surface area contributed by atoms with Crippen LogP contribution in [0.15, 0.2) is 36.7 Å². The molecule has 9 nitrogen and oxygen atoms in total. The van der Waals surface area contributed by atoms with E-state index in [1.54, 1.807) is 12.1 Å². The zero-order valence-electron chi connectivity index (χ0n) is 17.5. The van der Waals surface area contributed by atoms with E-state index in [1.165, 1.54) is 57.1 Å². The number of rotatable bonds is 6. The number of carbonyl (C=O) groups is 3. The van der Waals surface area contributed by atoms with E-state index < -0.39 is 47.6 Å². The number of aromatic nitrogens is 2. The van der Waals surface area contributed by atoms with Crippen molar-refractivity contribution in [2.45, 2.75) is 44.5 Å². The summed E-state index contributed by atoms with van der Waals surface area (Å²) in [5.74, 6) is -1.76. The SMILES string of the molecule is CC(=O)O[C@@H]1[C@@H](OC(C)=O)[C@H](OC(C)=O)CS[C@H]1Oc1ccnc(-c2ccc(F)nc2)c1. The van der Waals surface area contributed by atoms with Gasteiger partial charge in [0.25, 0.3) is 0 Å². The lowest BCUT2D eigenvalue weighted by Gasteiger charge is -2.39. The smallest absolute Gasteiger partial charge is 0.303 e. The van der Waals surface area contributed by atoms with Gasteiger partial charge in [-0.25, -0.2) is 4.98 Å². The van der Waals surface area contributed by atoms with E-state index in [4.69, 9.17) is 18.9 Å². The van der Waals surface area contributed by atoms with Gasteiger partial charge in [0, 0.05) is 50.5 Å². The van der Waals surface area contributed by atoms with Gasteiger partial charge in [-0.15, -0.1) is 11.8 Å². The zero-order chi connectivity index (χ0) is 23.3. The molecule has 1 aliphatic heterocycles. The summed E-state index contributed by atoms with van der Waals surface area (Å²) in [5, 5.41) is 0. The van der Waals surface area contributed by atoms with Crippen LogP contribution in [0.25, 0.3) is 11.3 Å². The van der Waals surface area contributed by atoms with Crippen molar-refractivity contribution in [1.82, 2.24) is 9.97 Å². The minimum atomic E-state index is -1.05. The molecule has 1 aliphatic rings. The molecule has 32 heavy (non-hydrogen) atoms. The zero-order valence-corrected chi connectivity index (χ0v) is 18.3. The molecule has 0 radical (unpaired) electrons. The van der Waals surface area contributed by atoms with Gasteiger partial charge in [-0.2, -0.15) is 4.39 Å². The van der Waals surface area contributed by atoms with Crippen molar-refractivity contribution in [3.05, 3.63) is 42.6 Å². The molecule has 3 rings (SSSR count). The fourth-order valence-corrected chi connectivity index (χ4v) is 4.33. The maximum Gasteiger partial charge on any atom is 0.303 e. The van der Waals surface area contributed by atoms with Crippen molar-refractivity contribution in [1.29, 1.82) is 0 Å². The summed E-state index contributed by atoms with van der Waals surface area (Å²) in [5.41, 5.74) is 0.309. The van der Waals surface area contributed by atoms with Crippen LogP contribution in [0.4, 0.5) is 4.39 Å². The Morgan fingerprint density at radius 1 is 0.969 bits per heavy atom. The summed E-state index contributed by atoms with van der Waals surface area (Å²) in [7, 11) is 0. The van der Waals surface area contributed by atoms with Crippen LogP contribution < -0.4 is 4.74 Å². The van der Waals surface area contributed by atoms with E-state index in [9.17, 15) is 18.8 Å². The second kappa shape index (κ2) is 10.4. The number of hydrogen-bond acceptors (Lipinski definition) is 10. The highest BCUT2D eigenvalue weighted by atomic mass is 32.2. The molecule has 2 aromatic heterocycles. The molecule has 1 fully saturated rings. The molecule has 170 valence electrons. The van der Waals surface area contributed by atoms with Crippen LogP contribution >= 0.6 is 11.8 Å². The Morgan fingerprint density at radius 2 is 1.66 bits per heavy atom. The monoisotopic (exact) mass is 464 g/mol. The minimum absolute atomic E-state index is 0.250. The number of carbonyl (C=O) groups excluding carboxylic acids is 3. The highest BCUT2D eigenvalue weighted by molar-refractivity contribution is 7.99. The van der Waals surface area contributed by atoms with Crippen LogP contribution in [-0.2, 0) is 28.6 Å². The van der Waals surface area contributed by atoms with Crippen molar-refractivity contribution in [3.8, 4) is 17.0 Å². The molecule has 0 bridgehead atoms. The van der Waals surface area contributed by atoms with Crippen LogP contribution in [0.1, 0.15) is 20.8 Å². The molecule has 4 atom stereocenters. The lowest BCUT2D eigenvalue weighted by molar-refractivity contribution is -0.186. The van der Waals surface area contributed by atoms with Gasteiger partial charge in [-0.3, -0.25) is 19.4 Å². The Morgan fingerprint density at radius 3 is 2.28 bits per heavy atom. The molecule has 0 unspecified atom stereocenters. The number of hydrogen-bond donors (Lipinski definition) is 0. The summed E-state index contributed by atoms with van der Waals surface area (Å²) >= 11 is 1.24. The summed E-state index contributed by atoms with van der Waals surface area (Å²) < 4.78 is 35.2. The van der Waals surface area contributed by atoms with Crippen molar-refractivity contribution in [2.75, 3.05) is 5.75 Å². The van der Waals surface area contributed by atoms with E-state index in [0.717, 1.165) is 0 Å². The molecule has 0 N–H and O–H groups in total. The molecule has 11 heteroatoms. The van der Waals surface area contributed by atoms with Gasteiger partial charge in [0.15, 0.2) is 23.7 Å². The maximum atomic E-state index is 13.1. The second-order valence-corrected chi connectivity index (χ2v) is 7.99. The fourth-order valence-electron chi connectivity index (χ4n) is 3.11. The Kier molecular flexibility index (Phi) is 7.62. The average Bonchev–Trinajstić information content (AvgIpc) is 2.72. The van der Waals surface area contributed by atoms with Gasteiger partial charge in [-0.05, 0) is 18.2 Å². The number of pyridine rings is 2. The van der Waals surface area contributed by atoms with Crippen molar-refractivity contribution >= 4 is 29.7 Å². The molecular formula is C21H21FN2O7S. The van der Waals surface area contributed by atoms with E-state index in [2.05, 4.69) is 9.97 Å². The van der Waals surface area contributed by atoms with Crippen LogP contribution in [0.2, 0.25) is 0 Å². The van der Waals surface area contributed by atoms with Gasteiger partial charge in [0.1, 0.15) is 5.75 Å². The van der Waals surface area contributed by atoms with E-state index in [1.807, 2.05) is 0 Å². The van der Waals surface area contributed by atoms with Gasteiger partial charge in [0.05, 0.1) is 5.69 Å².